The molecule has 0 radical (unpaired) electrons. The Hall–Kier alpha value is -2.14. The number of hydrogen-bond acceptors (Lipinski definition) is 3. The van der Waals surface area contributed by atoms with E-state index in [1.54, 1.807) is 12.1 Å². The predicted molar refractivity (Wildman–Crippen MR) is 113 cm³/mol. The summed E-state index contributed by atoms with van der Waals surface area (Å²) in [5, 5.41) is 4.91. The highest BCUT2D eigenvalue weighted by Gasteiger charge is 2.22. The summed E-state index contributed by atoms with van der Waals surface area (Å²) in [5.41, 5.74) is 3.58. The topological polar surface area (TPSA) is 51.2 Å². The summed E-state index contributed by atoms with van der Waals surface area (Å²) in [6.07, 6.45) is 2.10. The molecule has 1 fully saturated rings. The number of para-hydroxylation sites is 1. The lowest BCUT2D eigenvalue weighted by atomic mass is 9.97. The number of amides is 1. The van der Waals surface area contributed by atoms with Gasteiger partial charge in [-0.25, -0.2) is 4.98 Å². The van der Waals surface area contributed by atoms with Crippen LogP contribution in [-0.2, 0) is 4.74 Å². The molecule has 1 saturated heterocycles. The average molecular weight is 415 g/mol. The predicted octanol–water partition coefficient (Wildman–Crippen LogP) is 5.43. The van der Waals surface area contributed by atoms with Crippen molar-refractivity contribution < 1.29 is 9.53 Å². The molecule has 2 aromatic carbocycles. The first-order valence-electron chi connectivity index (χ1n) is 9.29. The Morgan fingerprint density at radius 1 is 1.25 bits per heavy atom. The number of nitrogens with one attached hydrogen (secondary N) is 1. The Balaban J connectivity index is 1.80. The lowest BCUT2D eigenvalue weighted by Gasteiger charge is -2.17. The summed E-state index contributed by atoms with van der Waals surface area (Å²) in [6.45, 7) is 3.17. The Kier molecular flexibility index (Phi) is 5.54. The van der Waals surface area contributed by atoms with Gasteiger partial charge in [0, 0.05) is 29.1 Å². The van der Waals surface area contributed by atoms with E-state index in [9.17, 15) is 4.79 Å². The third-order valence-electron chi connectivity index (χ3n) is 5.06. The van der Waals surface area contributed by atoms with Crippen molar-refractivity contribution in [1.82, 2.24) is 10.3 Å². The third-order valence-corrected chi connectivity index (χ3v) is 5.61. The molecule has 144 valence electrons. The number of aromatic nitrogens is 1. The molecule has 1 amide bonds. The van der Waals surface area contributed by atoms with Crippen LogP contribution >= 0.6 is 23.2 Å². The van der Waals surface area contributed by atoms with Gasteiger partial charge in [-0.15, -0.1) is 0 Å². The quantitative estimate of drug-likeness (QED) is 0.619. The maximum absolute atomic E-state index is 13.1. The van der Waals surface area contributed by atoms with Crippen molar-refractivity contribution in [3.8, 4) is 11.3 Å². The second-order valence-corrected chi connectivity index (χ2v) is 7.79. The molecule has 0 saturated carbocycles. The smallest absolute Gasteiger partial charge is 0.252 e. The number of rotatable bonds is 4. The molecule has 1 atom stereocenters. The number of ether oxygens (including phenoxy) is 1. The number of halogens is 2. The molecule has 0 bridgehead atoms. The van der Waals surface area contributed by atoms with Gasteiger partial charge in [0.15, 0.2) is 0 Å². The van der Waals surface area contributed by atoms with Gasteiger partial charge in [0.2, 0.25) is 0 Å². The second kappa shape index (κ2) is 8.08. The number of carbonyl (C=O) groups is 1. The zero-order valence-corrected chi connectivity index (χ0v) is 17.0. The fraction of sp³-hybridized carbons (Fsp3) is 0.273. The molecular formula is C22H20Cl2N2O2. The number of carbonyl (C=O) groups excluding carboxylic acids is 1. The maximum Gasteiger partial charge on any atom is 0.252 e. The van der Waals surface area contributed by atoms with Crippen molar-refractivity contribution in [3.63, 3.8) is 0 Å². The van der Waals surface area contributed by atoms with Gasteiger partial charge in [-0.05, 0) is 49.6 Å². The number of benzene rings is 2. The van der Waals surface area contributed by atoms with Crippen LogP contribution in [-0.4, -0.2) is 30.1 Å². The molecule has 4 rings (SSSR count). The first kappa shape index (κ1) is 19.2. The fourth-order valence-corrected chi connectivity index (χ4v) is 4.14. The molecule has 0 spiro atoms. The van der Waals surface area contributed by atoms with Crippen molar-refractivity contribution in [2.45, 2.75) is 25.9 Å². The van der Waals surface area contributed by atoms with Gasteiger partial charge in [-0.1, -0.05) is 41.4 Å². The Morgan fingerprint density at radius 3 is 2.82 bits per heavy atom. The van der Waals surface area contributed by atoms with E-state index in [2.05, 4.69) is 5.32 Å². The van der Waals surface area contributed by atoms with Gasteiger partial charge in [0.05, 0.1) is 27.9 Å². The molecule has 1 aliphatic rings. The summed E-state index contributed by atoms with van der Waals surface area (Å²) in [7, 11) is 0. The lowest BCUT2D eigenvalue weighted by molar-refractivity contribution is 0.0858. The fourth-order valence-electron chi connectivity index (χ4n) is 3.64. The van der Waals surface area contributed by atoms with Gasteiger partial charge < -0.3 is 10.1 Å². The van der Waals surface area contributed by atoms with Crippen LogP contribution in [0.1, 0.15) is 28.8 Å². The van der Waals surface area contributed by atoms with Crippen LogP contribution in [0.15, 0.2) is 42.5 Å². The molecule has 1 unspecified atom stereocenters. The van der Waals surface area contributed by atoms with E-state index in [1.807, 2.05) is 37.3 Å². The molecule has 3 aromatic rings. The van der Waals surface area contributed by atoms with Gasteiger partial charge in [0.1, 0.15) is 0 Å². The van der Waals surface area contributed by atoms with E-state index in [1.165, 1.54) is 0 Å². The normalized spacial score (nSPS) is 16.5. The largest absolute Gasteiger partial charge is 0.376 e. The van der Waals surface area contributed by atoms with Crippen LogP contribution < -0.4 is 5.32 Å². The Morgan fingerprint density at radius 2 is 2.07 bits per heavy atom. The molecule has 6 heteroatoms. The van der Waals surface area contributed by atoms with Gasteiger partial charge >= 0.3 is 0 Å². The monoisotopic (exact) mass is 414 g/mol. The van der Waals surface area contributed by atoms with Crippen molar-refractivity contribution in [1.29, 1.82) is 0 Å². The van der Waals surface area contributed by atoms with E-state index >= 15 is 0 Å². The Labute approximate surface area is 173 Å². The third kappa shape index (κ3) is 3.72. The van der Waals surface area contributed by atoms with Crippen LogP contribution in [0.2, 0.25) is 10.0 Å². The minimum atomic E-state index is -0.127. The summed E-state index contributed by atoms with van der Waals surface area (Å²) in [4.78, 5) is 17.9. The van der Waals surface area contributed by atoms with Crippen LogP contribution in [0, 0.1) is 6.92 Å². The van der Waals surface area contributed by atoms with Gasteiger partial charge in [-0.2, -0.15) is 0 Å². The van der Waals surface area contributed by atoms with Crippen molar-refractivity contribution in [2.24, 2.45) is 0 Å². The molecule has 1 aromatic heterocycles. The lowest BCUT2D eigenvalue weighted by Crippen LogP contribution is -2.32. The summed E-state index contributed by atoms with van der Waals surface area (Å²) < 4.78 is 5.62. The Bertz CT molecular complexity index is 1050. The van der Waals surface area contributed by atoms with E-state index in [0.717, 1.165) is 41.5 Å². The van der Waals surface area contributed by atoms with Crippen LogP contribution in [0.3, 0.4) is 0 Å². The summed E-state index contributed by atoms with van der Waals surface area (Å²) in [5.74, 6) is -0.127. The number of nitrogens with zero attached hydrogens (tertiary/aromatic N) is 1. The highest BCUT2D eigenvalue weighted by atomic mass is 35.5. The first-order valence-corrected chi connectivity index (χ1v) is 10.0. The molecular weight excluding hydrogens is 395 g/mol. The summed E-state index contributed by atoms with van der Waals surface area (Å²) >= 11 is 12.5. The van der Waals surface area contributed by atoms with E-state index in [0.29, 0.717) is 27.8 Å². The van der Waals surface area contributed by atoms with Crippen LogP contribution in [0.4, 0.5) is 0 Å². The first-order chi connectivity index (χ1) is 13.5. The minimum Gasteiger partial charge on any atom is -0.376 e. The van der Waals surface area contributed by atoms with Gasteiger partial charge in [0.25, 0.3) is 5.91 Å². The molecule has 28 heavy (non-hydrogen) atoms. The minimum absolute atomic E-state index is 0.0857. The summed E-state index contributed by atoms with van der Waals surface area (Å²) in [6, 6.07) is 12.9. The molecule has 1 N–H and O–H groups in total. The van der Waals surface area contributed by atoms with E-state index in [-0.39, 0.29) is 12.0 Å². The van der Waals surface area contributed by atoms with E-state index < -0.39 is 0 Å². The molecule has 1 aliphatic heterocycles. The molecule has 4 nitrogen and oxygen atoms in total. The number of hydrogen-bond donors (Lipinski definition) is 1. The second-order valence-electron chi connectivity index (χ2n) is 6.95. The number of pyridine rings is 1. The zero-order valence-electron chi connectivity index (χ0n) is 15.5. The van der Waals surface area contributed by atoms with Crippen molar-refractivity contribution >= 4 is 40.0 Å². The van der Waals surface area contributed by atoms with Crippen molar-refractivity contribution in [3.05, 3.63) is 63.6 Å². The van der Waals surface area contributed by atoms with Gasteiger partial charge in [-0.3, -0.25) is 4.79 Å². The zero-order chi connectivity index (χ0) is 19.7. The van der Waals surface area contributed by atoms with E-state index in [4.69, 9.17) is 32.9 Å². The van der Waals surface area contributed by atoms with Crippen molar-refractivity contribution in [2.75, 3.05) is 13.2 Å². The average Bonchev–Trinajstić information content (AvgIpc) is 3.20. The highest BCUT2D eigenvalue weighted by Crippen LogP contribution is 2.34. The molecule has 2 heterocycles. The SMILES string of the molecule is Cc1c(-c2ccc(Cl)cc2Cl)nc2ccccc2c1C(=O)NCC1CCCO1. The highest BCUT2D eigenvalue weighted by molar-refractivity contribution is 6.36. The number of fused-ring (bicyclic) bond motifs is 1. The van der Waals surface area contributed by atoms with Crippen LogP contribution in [0.25, 0.3) is 22.2 Å². The standard InChI is InChI=1S/C22H20Cl2N2O2/c1-13-20(22(27)25-12-15-5-4-10-28-15)17-6-2-3-7-19(17)26-21(13)16-9-8-14(23)11-18(16)24/h2-3,6-9,11,15H,4-5,10,12H2,1H3,(H,25,27). The molecule has 0 aliphatic carbocycles. The van der Waals surface area contributed by atoms with Crippen LogP contribution in [0.5, 0.6) is 0 Å². The maximum atomic E-state index is 13.1.